The fourth-order valence-electron chi connectivity index (χ4n) is 4.56. The summed E-state index contributed by atoms with van der Waals surface area (Å²) in [6.45, 7) is 6.14. The zero-order chi connectivity index (χ0) is 23.8. The van der Waals surface area contributed by atoms with E-state index in [4.69, 9.17) is 15.2 Å². The first-order valence-electron chi connectivity index (χ1n) is 11.3. The molecule has 2 aromatic rings. The summed E-state index contributed by atoms with van der Waals surface area (Å²) in [6.07, 6.45) is 1.64. The molecule has 2 aliphatic heterocycles. The quantitative estimate of drug-likeness (QED) is 0.697. The summed E-state index contributed by atoms with van der Waals surface area (Å²) in [7, 11) is 0. The van der Waals surface area contributed by atoms with Gasteiger partial charge in [0.1, 0.15) is 23.5 Å². The van der Waals surface area contributed by atoms with Gasteiger partial charge in [-0.15, -0.1) is 0 Å². The molecule has 0 aromatic carbocycles. The highest BCUT2D eigenvalue weighted by atomic mass is 19.3. The number of alkyl carbamates (subject to hydrolysis) is 1. The number of nitrogens with zero attached hydrogens (tertiary/aromatic N) is 4. The molecule has 11 heteroatoms. The Morgan fingerprint density at radius 1 is 1.36 bits per heavy atom. The van der Waals surface area contributed by atoms with Crippen molar-refractivity contribution in [3.63, 3.8) is 0 Å². The van der Waals surface area contributed by atoms with E-state index in [1.807, 2.05) is 17.0 Å². The zero-order valence-corrected chi connectivity index (χ0v) is 19.3. The predicted octanol–water partition coefficient (Wildman–Crippen LogP) is 3.16. The van der Waals surface area contributed by atoms with E-state index in [1.165, 1.54) is 6.33 Å². The maximum Gasteiger partial charge on any atom is 0.407 e. The molecule has 2 saturated heterocycles. The lowest BCUT2D eigenvalue weighted by Crippen LogP contribution is -2.54. The lowest BCUT2D eigenvalue weighted by atomic mass is 9.97. The molecule has 0 radical (unpaired) electrons. The lowest BCUT2D eigenvalue weighted by molar-refractivity contribution is -0.0886. The number of nitrogens with two attached hydrogens (primary N) is 1. The summed E-state index contributed by atoms with van der Waals surface area (Å²) in [5, 5.41) is 6.93. The molecule has 182 valence electrons. The predicted molar refractivity (Wildman–Crippen MR) is 118 cm³/mol. The van der Waals surface area contributed by atoms with Crippen LogP contribution in [0.25, 0.3) is 5.52 Å². The number of carbonyl (C=O) groups is 1. The van der Waals surface area contributed by atoms with Gasteiger partial charge in [-0.25, -0.2) is 23.1 Å². The van der Waals surface area contributed by atoms with E-state index in [0.29, 0.717) is 12.4 Å². The molecule has 2 aromatic heterocycles. The molecule has 4 heterocycles. The Labute approximate surface area is 191 Å². The summed E-state index contributed by atoms with van der Waals surface area (Å²) in [4.78, 5) is 18.0. The Bertz CT molecular complexity index is 992. The van der Waals surface area contributed by atoms with Gasteiger partial charge in [0.2, 0.25) is 0 Å². The molecular weight excluding hydrogens is 434 g/mol. The van der Waals surface area contributed by atoms with Crippen molar-refractivity contribution in [1.82, 2.24) is 24.8 Å². The third kappa shape index (κ3) is 5.70. The number of rotatable bonds is 5. The second kappa shape index (κ2) is 9.02. The SMILES string of the molecule is CC(C)(C)OC(=O)NC[C@@H]1CC(F)(F)CCN1CC1CC[C@H](c2ccc3c(N)ncnn23)O1. The van der Waals surface area contributed by atoms with E-state index < -0.39 is 23.7 Å². The van der Waals surface area contributed by atoms with Crippen LogP contribution < -0.4 is 11.1 Å². The Morgan fingerprint density at radius 3 is 2.91 bits per heavy atom. The number of halogens is 2. The number of fused-ring (bicyclic) bond motifs is 1. The normalized spacial score (nSPS) is 25.9. The number of amides is 1. The lowest BCUT2D eigenvalue weighted by Gasteiger charge is -2.40. The average Bonchev–Trinajstić information content (AvgIpc) is 3.34. The molecule has 1 unspecified atom stereocenters. The molecule has 0 spiro atoms. The smallest absolute Gasteiger partial charge is 0.407 e. The highest BCUT2D eigenvalue weighted by molar-refractivity contribution is 5.67. The number of anilines is 1. The second-order valence-corrected chi connectivity index (χ2v) is 9.87. The fourth-order valence-corrected chi connectivity index (χ4v) is 4.56. The number of carbonyl (C=O) groups excluding carboxylic acids is 1. The van der Waals surface area contributed by atoms with Gasteiger partial charge in [-0.2, -0.15) is 5.10 Å². The zero-order valence-electron chi connectivity index (χ0n) is 19.3. The van der Waals surface area contributed by atoms with Gasteiger partial charge in [0, 0.05) is 38.5 Å². The van der Waals surface area contributed by atoms with Gasteiger partial charge in [-0.1, -0.05) is 0 Å². The van der Waals surface area contributed by atoms with E-state index in [-0.39, 0.29) is 38.1 Å². The van der Waals surface area contributed by atoms with Crippen molar-refractivity contribution in [3.8, 4) is 0 Å². The molecule has 1 amide bonds. The number of alkyl halides is 2. The van der Waals surface area contributed by atoms with Crippen LogP contribution in [0.3, 0.4) is 0 Å². The maximum absolute atomic E-state index is 14.1. The first-order chi connectivity index (χ1) is 15.5. The minimum absolute atomic E-state index is 0.0974. The van der Waals surface area contributed by atoms with Gasteiger partial charge in [-0.05, 0) is 45.7 Å². The molecule has 9 nitrogen and oxygen atoms in total. The van der Waals surface area contributed by atoms with Crippen LogP contribution in [0.1, 0.15) is 58.3 Å². The second-order valence-electron chi connectivity index (χ2n) is 9.87. The molecule has 2 aliphatic rings. The first-order valence-corrected chi connectivity index (χ1v) is 11.3. The van der Waals surface area contributed by atoms with Crippen molar-refractivity contribution in [2.24, 2.45) is 0 Å². The van der Waals surface area contributed by atoms with Crippen LogP contribution >= 0.6 is 0 Å². The van der Waals surface area contributed by atoms with Crippen LogP contribution in [0.4, 0.5) is 19.4 Å². The largest absolute Gasteiger partial charge is 0.444 e. The molecule has 3 atom stereocenters. The number of ether oxygens (including phenoxy) is 2. The van der Waals surface area contributed by atoms with Crippen molar-refractivity contribution >= 4 is 17.4 Å². The van der Waals surface area contributed by atoms with E-state index in [9.17, 15) is 13.6 Å². The van der Waals surface area contributed by atoms with Crippen molar-refractivity contribution in [1.29, 1.82) is 0 Å². The third-order valence-electron chi connectivity index (χ3n) is 6.08. The molecular formula is C22H32F2N6O3. The Morgan fingerprint density at radius 2 is 2.15 bits per heavy atom. The van der Waals surface area contributed by atoms with Crippen molar-refractivity contribution in [2.75, 3.05) is 25.4 Å². The van der Waals surface area contributed by atoms with E-state index in [1.54, 1.807) is 25.3 Å². The summed E-state index contributed by atoms with van der Waals surface area (Å²) in [6, 6.07) is 3.31. The number of nitrogen functional groups attached to an aromatic ring is 1. The topological polar surface area (TPSA) is 107 Å². The van der Waals surface area contributed by atoms with Crippen LogP contribution in [0.15, 0.2) is 18.5 Å². The Balaban J connectivity index is 1.38. The maximum atomic E-state index is 14.1. The monoisotopic (exact) mass is 466 g/mol. The number of hydrogen-bond acceptors (Lipinski definition) is 7. The molecule has 0 bridgehead atoms. The van der Waals surface area contributed by atoms with Crippen molar-refractivity contribution in [2.45, 2.75) is 76.2 Å². The van der Waals surface area contributed by atoms with Crippen molar-refractivity contribution < 1.29 is 23.0 Å². The van der Waals surface area contributed by atoms with Crippen LogP contribution in [0.5, 0.6) is 0 Å². The van der Waals surface area contributed by atoms with Gasteiger partial charge in [0.05, 0.1) is 11.8 Å². The highest BCUT2D eigenvalue weighted by Gasteiger charge is 2.42. The minimum atomic E-state index is -2.75. The van der Waals surface area contributed by atoms with E-state index in [0.717, 1.165) is 24.1 Å². The molecule has 3 N–H and O–H groups in total. The minimum Gasteiger partial charge on any atom is -0.444 e. The van der Waals surface area contributed by atoms with Gasteiger partial charge < -0.3 is 20.5 Å². The summed E-state index contributed by atoms with van der Waals surface area (Å²) < 4.78 is 41.5. The van der Waals surface area contributed by atoms with Crippen LogP contribution in [0.2, 0.25) is 0 Å². The van der Waals surface area contributed by atoms with Crippen LogP contribution in [-0.4, -0.2) is 68.9 Å². The average molecular weight is 467 g/mol. The fraction of sp³-hybridized carbons (Fsp3) is 0.682. The number of piperidine rings is 1. The number of nitrogens with one attached hydrogen (secondary N) is 1. The molecule has 0 aliphatic carbocycles. The molecule has 0 saturated carbocycles. The summed E-state index contributed by atoms with van der Waals surface area (Å²) in [5.41, 5.74) is 6.90. The van der Waals surface area contributed by atoms with Crippen LogP contribution in [-0.2, 0) is 9.47 Å². The van der Waals surface area contributed by atoms with Gasteiger partial charge in [0.25, 0.3) is 5.92 Å². The van der Waals surface area contributed by atoms with Crippen LogP contribution in [0, 0.1) is 0 Å². The summed E-state index contributed by atoms with van der Waals surface area (Å²) in [5.74, 6) is -2.35. The van der Waals surface area contributed by atoms with Gasteiger partial charge >= 0.3 is 6.09 Å². The Kier molecular flexibility index (Phi) is 6.45. The Hall–Kier alpha value is -2.53. The molecule has 2 fully saturated rings. The van der Waals surface area contributed by atoms with Gasteiger partial charge in [0.15, 0.2) is 5.82 Å². The van der Waals surface area contributed by atoms with Gasteiger partial charge in [-0.3, -0.25) is 4.90 Å². The summed E-state index contributed by atoms with van der Waals surface area (Å²) >= 11 is 0. The molecule has 33 heavy (non-hydrogen) atoms. The first kappa shape index (κ1) is 23.6. The number of aromatic nitrogens is 3. The standard InChI is InChI=1S/C22H32F2N6O3/c1-21(2,3)33-20(31)26-11-14-10-22(23,24)8-9-29(14)12-15-4-7-18(32-15)16-5-6-17-19(25)27-13-28-30(16)17/h5-6,13-15,18H,4,7-12H2,1-3H3,(H,26,31)(H2,25,27,28)/t14-,15?,18+/m0/s1. The van der Waals surface area contributed by atoms with E-state index in [2.05, 4.69) is 15.4 Å². The van der Waals surface area contributed by atoms with Crippen molar-refractivity contribution in [3.05, 3.63) is 24.2 Å². The number of likely N-dealkylation sites (tertiary alicyclic amines) is 1. The van der Waals surface area contributed by atoms with E-state index >= 15 is 0 Å². The third-order valence-corrected chi connectivity index (χ3v) is 6.08. The number of hydrogen-bond donors (Lipinski definition) is 2. The molecule has 4 rings (SSSR count). The highest BCUT2D eigenvalue weighted by Crippen LogP contribution is 2.36.